The monoisotopic (exact) mass is 379 g/mol. The highest BCUT2D eigenvalue weighted by molar-refractivity contribution is 5.89. The molecule has 0 aliphatic carbocycles. The van der Waals surface area contributed by atoms with Gasteiger partial charge in [0.2, 0.25) is 0 Å². The summed E-state index contributed by atoms with van der Waals surface area (Å²) in [6.45, 7) is 1.29. The Hall–Kier alpha value is -2.77. The third kappa shape index (κ3) is 5.87. The van der Waals surface area contributed by atoms with Gasteiger partial charge in [0, 0.05) is 19.3 Å². The molecule has 27 heavy (non-hydrogen) atoms. The van der Waals surface area contributed by atoms with Crippen LogP contribution < -0.4 is 10.1 Å². The molecule has 144 valence electrons. The van der Waals surface area contributed by atoms with Crippen LogP contribution in [0.5, 0.6) is 5.75 Å². The Balaban J connectivity index is 1.54. The number of amides is 2. The summed E-state index contributed by atoms with van der Waals surface area (Å²) < 4.78 is 40.5. The first-order chi connectivity index (χ1) is 12.9. The number of halogens is 3. The van der Waals surface area contributed by atoms with Crippen LogP contribution in [0.15, 0.2) is 48.8 Å². The summed E-state index contributed by atoms with van der Waals surface area (Å²) in [5.41, 5.74) is 1.56. The fourth-order valence-corrected chi connectivity index (χ4v) is 3.22. The number of piperidine rings is 1. The third-order valence-electron chi connectivity index (χ3n) is 4.40. The highest BCUT2D eigenvalue weighted by Crippen LogP contribution is 2.25. The lowest BCUT2D eigenvalue weighted by Gasteiger charge is -2.33. The van der Waals surface area contributed by atoms with E-state index in [-0.39, 0.29) is 17.7 Å². The van der Waals surface area contributed by atoms with E-state index in [1.165, 1.54) is 12.1 Å². The number of hydrogen-bond donors (Lipinski definition) is 1. The molecule has 0 spiro atoms. The van der Waals surface area contributed by atoms with Gasteiger partial charge in [-0.1, -0.05) is 12.1 Å². The maximum atomic E-state index is 12.4. The summed E-state index contributed by atoms with van der Waals surface area (Å²) in [6.07, 6.45) is 1.09. The van der Waals surface area contributed by atoms with Crippen LogP contribution in [0.2, 0.25) is 0 Å². The van der Waals surface area contributed by atoms with Gasteiger partial charge < -0.3 is 15.0 Å². The standard InChI is InChI=1S/C19H20F3N3O2/c20-19(21,22)27-17-7-5-14(6-8-17)11-15-3-2-10-25(13-15)18(26)24-16-4-1-9-23-12-16/h1,4-9,12,15H,2-3,10-11,13H2,(H,24,26). The van der Waals surface area contributed by atoms with Gasteiger partial charge in [-0.25, -0.2) is 4.79 Å². The number of urea groups is 1. The van der Waals surface area contributed by atoms with Gasteiger partial charge in [-0.05, 0) is 55.0 Å². The van der Waals surface area contributed by atoms with Crippen LogP contribution in [0, 0.1) is 5.92 Å². The lowest BCUT2D eigenvalue weighted by Crippen LogP contribution is -2.42. The fourth-order valence-electron chi connectivity index (χ4n) is 3.22. The predicted molar refractivity (Wildman–Crippen MR) is 94.4 cm³/mol. The minimum Gasteiger partial charge on any atom is -0.406 e. The van der Waals surface area contributed by atoms with Crippen molar-refractivity contribution in [3.05, 3.63) is 54.4 Å². The van der Waals surface area contributed by atoms with Gasteiger partial charge >= 0.3 is 12.4 Å². The zero-order chi connectivity index (χ0) is 19.3. The van der Waals surface area contributed by atoms with Crippen LogP contribution in [0.4, 0.5) is 23.7 Å². The molecule has 8 heteroatoms. The van der Waals surface area contributed by atoms with Gasteiger partial charge in [0.05, 0.1) is 11.9 Å². The lowest BCUT2D eigenvalue weighted by molar-refractivity contribution is -0.274. The zero-order valence-corrected chi connectivity index (χ0v) is 14.6. The van der Waals surface area contributed by atoms with E-state index in [0.29, 0.717) is 25.2 Å². The predicted octanol–water partition coefficient (Wildman–Crippen LogP) is 4.47. The minimum atomic E-state index is -4.69. The number of carbonyl (C=O) groups excluding carboxylic acids is 1. The number of carbonyl (C=O) groups is 1. The number of likely N-dealkylation sites (tertiary alicyclic amines) is 1. The average Bonchev–Trinajstić information content (AvgIpc) is 2.63. The van der Waals surface area contributed by atoms with E-state index < -0.39 is 6.36 Å². The van der Waals surface area contributed by atoms with E-state index in [4.69, 9.17) is 0 Å². The molecular weight excluding hydrogens is 359 g/mol. The van der Waals surface area contributed by atoms with Crippen LogP contribution in [0.3, 0.4) is 0 Å². The maximum Gasteiger partial charge on any atom is 0.573 e. The first-order valence-corrected chi connectivity index (χ1v) is 8.70. The Morgan fingerprint density at radius 2 is 2.04 bits per heavy atom. The minimum absolute atomic E-state index is 0.165. The largest absolute Gasteiger partial charge is 0.573 e. The van der Waals surface area contributed by atoms with E-state index in [9.17, 15) is 18.0 Å². The van der Waals surface area contributed by atoms with Crippen molar-refractivity contribution in [2.45, 2.75) is 25.6 Å². The number of rotatable bonds is 4. The van der Waals surface area contributed by atoms with Crippen molar-refractivity contribution in [2.24, 2.45) is 5.92 Å². The van der Waals surface area contributed by atoms with Gasteiger partial charge in [0.25, 0.3) is 0 Å². The summed E-state index contributed by atoms with van der Waals surface area (Å²) in [6, 6.07) is 9.27. The van der Waals surface area contributed by atoms with Crippen molar-refractivity contribution in [3.8, 4) is 5.75 Å². The molecule has 1 aromatic heterocycles. The third-order valence-corrected chi connectivity index (χ3v) is 4.40. The summed E-state index contributed by atoms with van der Waals surface area (Å²) in [5.74, 6) is 0.0279. The highest BCUT2D eigenvalue weighted by atomic mass is 19.4. The topological polar surface area (TPSA) is 54.5 Å². The van der Waals surface area contributed by atoms with Crippen molar-refractivity contribution >= 4 is 11.7 Å². The Morgan fingerprint density at radius 3 is 2.70 bits per heavy atom. The van der Waals surface area contributed by atoms with Crippen LogP contribution in [-0.4, -0.2) is 35.4 Å². The summed E-state index contributed by atoms with van der Waals surface area (Å²) in [4.78, 5) is 18.1. The van der Waals surface area contributed by atoms with Gasteiger partial charge in [0.15, 0.2) is 0 Å². The molecule has 1 aromatic carbocycles. The SMILES string of the molecule is O=C(Nc1cccnc1)N1CCCC(Cc2ccc(OC(F)(F)F)cc2)C1. The van der Waals surface area contributed by atoms with E-state index in [1.807, 2.05) is 0 Å². The molecule has 1 aliphatic heterocycles. The van der Waals surface area contributed by atoms with Crippen molar-refractivity contribution in [2.75, 3.05) is 18.4 Å². The molecule has 2 amide bonds. The number of benzene rings is 1. The van der Waals surface area contributed by atoms with Crippen LogP contribution in [0.25, 0.3) is 0 Å². The van der Waals surface area contributed by atoms with Gasteiger partial charge in [-0.15, -0.1) is 13.2 Å². The molecule has 1 aliphatic rings. The van der Waals surface area contributed by atoms with Crippen molar-refractivity contribution in [3.63, 3.8) is 0 Å². The van der Waals surface area contributed by atoms with Crippen LogP contribution in [0.1, 0.15) is 18.4 Å². The number of nitrogens with zero attached hydrogens (tertiary/aromatic N) is 2. The zero-order valence-electron chi connectivity index (χ0n) is 14.6. The summed E-state index contributed by atoms with van der Waals surface area (Å²) in [7, 11) is 0. The van der Waals surface area contributed by atoms with Crippen molar-refractivity contribution < 1.29 is 22.7 Å². The van der Waals surface area contributed by atoms with Crippen molar-refractivity contribution in [1.29, 1.82) is 0 Å². The Labute approximate surface area is 155 Å². The number of alkyl halides is 3. The first-order valence-electron chi connectivity index (χ1n) is 8.70. The first kappa shape index (κ1) is 19.0. The Bertz CT molecular complexity index is 751. The fraction of sp³-hybridized carbons (Fsp3) is 0.368. The quantitative estimate of drug-likeness (QED) is 0.853. The number of ether oxygens (including phenoxy) is 1. The van der Waals surface area contributed by atoms with E-state index in [2.05, 4.69) is 15.0 Å². The Kier molecular flexibility index (Phi) is 5.83. The second kappa shape index (κ2) is 8.28. The molecule has 2 heterocycles. The number of nitrogens with one attached hydrogen (secondary N) is 1. The van der Waals surface area contributed by atoms with E-state index >= 15 is 0 Å². The van der Waals surface area contributed by atoms with Gasteiger partial charge in [-0.2, -0.15) is 0 Å². The molecule has 2 aromatic rings. The highest BCUT2D eigenvalue weighted by Gasteiger charge is 2.31. The number of aromatic nitrogens is 1. The number of anilines is 1. The smallest absolute Gasteiger partial charge is 0.406 e. The molecule has 1 atom stereocenters. The van der Waals surface area contributed by atoms with Crippen LogP contribution in [-0.2, 0) is 6.42 Å². The second-order valence-corrected chi connectivity index (χ2v) is 6.52. The molecule has 0 saturated carbocycles. The molecule has 5 nitrogen and oxygen atoms in total. The molecule has 0 bridgehead atoms. The molecular formula is C19H20F3N3O2. The molecule has 1 saturated heterocycles. The van der Waals surface area contributed by atoms with Gasteiger partial charge in [0.1, 0.15) is 5.75 Å². The molecule has 1 fully saturated rings. The second-order valence-electron chi connectivity index (χ2n) is 6.52. The normalized spacial score (nSPS) is 17.4. The number of hydrogen-bond acceptors (Lipinski definition) is 3. The molecule has 3 rings (SSSR count). The molecule has 1 unspecified atom stereocenters. The van der Waals surface area contributed by atoms with Crippen molar-refractivity contribution in [1.82, 2.24) is 9.88 Å². The summed E-state index contributed by atoms with van der Waals surface area (Å²) >= 11 is 0. The Morgan fingerprint density at radius 1 is 1.26 bits per heavy atom. The number of pyridine rings is 1. The average molecular weight is 379 g/mol. The van der Waals surface area contributed by atoms with E-state index in [1.54, 1.807) is 41.6 Å². The van der Waals surface area contributed by atoms with Crippen LogP contribution >= 0.6 is 0 Å². The van der Waals surface area contributed by atoms with E-state index in [0.717, 1.165) is 18.4 Å². The lowest BCUT2D eigenvalue weighted by atomic mass is 9.91. The summed E-state index contributed by atoms with van der Waals surface area (Å²) in [5, 5.41) is 2.83. The van der Waals surface area contributed by atoms with Gasteiger partial charge in [-0.3, -0.25) is 4.98 Å². The molecule has 0 radical (unpaired) electrons. The molecule has 1 N–H and O–H groups in total. The maximum absolute atomic E-state index is 12.4.